The van der Waals surface area contributed by atoms with E-state index in [0.29, 0.717) is 36.0 Å². The molecule has 160 valence electrons. The Labute approximate surface area is 175 Å². The van der Waals surface area contributed by atoms with Crippen LogP contribution in [-0.2, 0) is 0 Å². The smallest absolute Gasteiger partial charge is 0.354 e. The number of pyridine rings is 1. The van der Waals surface area contributed by atoms with Gasteiger partial charge >= 0.3 is 5.97 Å². The van der Waals surface area contributed by atoms with Gasteiger partial charge in [0.1, 0.15) is 11.6 Å². The van der Waals surface area contributed by atoms with Crippen LogP contribution in [0.2, 0.25) is 0 Å². The number of nitrogens with zero attached hydrogens (tertiary/aromatic N) is 3. The first-order chi connectivity index (χ1) is 14.3. The van der Waals surface area contributed by atoms with Crippen molar-refractivity contribution in [2.45, 2.75) is 12.8 Å². The molecule has 0 aliphatic carbocycles. The van der Waals surface area contributed by atoms with Crippen LogP contribution in [0.1, 0.15) is 28.9 Å². The fraction of sp³-hybridized carbons (Fsp3) is 0.316. The minimum Gasteiger partial charge on any atom is -0.492 e. The van der Waals surface area contributed by atoms with E-state index in [4.69, 9.17) is 15.6 Å². The van der Waals surface area contributed by atoms with Crippen LogP contribution in [0.15, 0.2) is 40.8 Å². The van der Waals surface area contributed by atoms with Crippen LogP contribution in [0.4, 0.5) is 11.5 Å². The molecule has 0 radical (unpaired) electrons. The number of amidine groups is 1. The van der Waals surface area contributed by atoms with E-state index in [2.05, 4.69) is 19.0 Å². The van der Waals surface area contributed by atoms with E-state index in [9.17, 15) is 13.9 Å². The Balaban J connectivity index is 1.45. The molecule has 4 rings (SSSR count). The molecule has 0 saturated carbocycles. The Morgan fingerprint density at radius 2 is 2.10 bits per heavy atom. The molecule has 0 unspecified atom stereocenters. The molecule has 6 N–H and O–H groups in total. The second-order valence-corrected chi connectivity index (χ2v) is 8.65. The molecule has 1 fully saturated rings. The van der Waals surface area contributed by atoms with Crippen LogP contribution >= 0.6 is 11.0 Å². The van der Waals surface area contributed by atoms with Crippen molar-refractivity contribution in [3.63, 3.8) is 0 Å². The number of piperidine rings is 1. The Morgan fingerprint density at radius 1 is 1.30 bits per heavy atom. The Hall–Kier alpha value is -3.02. The summed E-state index contributed by atoms with van der Waals surface area (Å²) in [4.78, 5) is 17.5. The van der Waals surface area contributed by atoms with E-state index >= 15 is 0 Å². The van der Waals surface area contributed by atoms with Gasteiger partial charge in [-0.15, -0.1) is 4.40 Å². The molecule has 2 aliphatic rings. The van der Waals surface area contributed by atoms with Crippen LogP contribution in [0, 0.1) is 5.92 Å². The molecule has 30 heavy (non-hydrogen) atoms. The van der Waals surface area contributed by atoms with E-state index in [0.717, 1.165) is 19.4 Å². The quantitative estimate of drug-likeness (QED) is 0.479. The summed E-state index contributed by atoms with van der Waals surface area (Å²) in [6, 6.07) is 10.2. The van der Waals surface area contributed by atoms with E-state index in [1.807, 2.05) is 6.07 Å². The lowest BCUT2D eigenvalue weighted by Gasteiger charge is -2.35. The summed E-state index contributed by atoms with van der Waals surface area (Å²) in [5.74, 6) is 0.327. The number of hydrogen-bond donors (Lipinski definition) is 5. The monoisotopic (exact) mass is 433 g/mol. The molecule has 0 amide bonds. The molecule has 1 saturated heterocycles. The first-order valence-electron chi connectivity index (χ1n) is 9.45. The van der Waals surface area contributed by atoms with Crippen molar-refractivity contribution in [1.82, 2.24) is 4.98 Å². The second-order valence-electron chi connectivity index (χ2n) is 7.23. The minimum absolute atomic E-state index is 0.0132. The van der Waals surface area contributed by atoms with Crippen LogP contribution < -0.4 is 20.1 Å². The summed E-state index contributed by atoms with van der Waals surface area (Å²) in [6.45, 7) is 1.91. The highest BCUT2D eigenvalue weighted by atomic mass is 32.3. The van der Waals surface area contributed by atoms with Gasteiger partial charge in [-0.1, -0.05) is 12.1 Å². The van der Waals surface area contributed by atoms with Gasteiger partial charge in [0.2, 0.25) is 0 Å². The number of nitrogens with two attached hydrogens (primary N) is 1. The first kappa shape index (κ1) is 20.3. The Kier molecular flexibility index (Phi) is 5.41. The summed E-state index contributed by atoms with van der Waals surface area (Å²) in [6.07, 6.45) is 1.90. The topological polar surface area (TPSA) is 154 Å². The molecule has 1 aromatic heterocycles. The fourth-order valence-corrected chi connectivity index (χ4v) is 4.57. The number of fused-ring (bicyclic) bond motifs is 1. The second kappa shape index (κ2) is 8.01. The number of anilines is 2. The van der Waals surface area contributed by atoms with Crippen molar-refractivity contribution in [3.8, 4) is 5.75 Å². The zero-order valence-corrected chi connectivity index (χ0v) is 16.9. The summed E-state index contributed by atoms with van der Waals surface area (Å²) in [7, 11) is -3.34. The van der Waals surface area contributed by atoms with Gasteiger partial charge in [0, 0.05) is 19.0 Å². The lowest BCUT2D eigenvalue weighted by molar-refractivity contribution is 0.0690. The maximum Gasteiger partial charge on any atom is 0.354 e. The standard InChI is InChI=1S/C19H23N5O5S/c20-18-17-13(22-30(27,28)23-18)5-1-7-15(17)29-11-12-4-3-9-24(10-12)16-8-2-6-14(21-16)19(25)26/h1-2,5-8,12,22,27-28H,3-4,9-11H2,(H2,20,23)(H,25,26)/t12-/m0/s1. The van der Waals surface area contributed by atoms with Gasteiger partial charge in [-0.05, 0) is 48.1 Å². The first-order valence-corrected chi connectivity index (χ1v) is 11.0. The number of carboxylic acids is 1. The summed E-state index contributed by atoms with van der Waals surface area (Å²) < 4.78 is 31.9. The molecular weight excluding hydrogens is 410 g/mol. The zero-order chi connectivity index (χ0) is 21.3. The molecule has 2 aromatic rings. The molecule has 0 spiro atoms. The number of carbonyl (C=O) groups is 1. The van der Waals surface area contributed by atoms with Crippen LogP contribution in [-0.4, -0.2) is 50.7 Å². The maximum atomic E-state index is 11.2. The van der Waals surface area contributed by atoms with Gasteiger partial charge < -0.3 is 20.5 Å². The minimum atomic E-state index is -3.34. The van der Waals surface area contributed by atoms with Crippen molar-refractivity contribution in [3.05, 3.63) is 47.7 Å². The molecule has 3 heterocycles. The average Bonchev–Trinajstić information content (AvgIpc) is 2.71. The summed E-state index contributed by atoms with van der Waals surface area (Å²) in [5.41, 5.74) is 6.92. The highest BCUT2D eigenvalue weighted by Gasteiger charge is 2.27. The summed E-state index contributed by atoms with van der Waals surface area (Å²) in [5, 5.41) is 9.16. The van der Waals surface area contributed by atoms with Crippen molar-refractivity contribution < 1.29 is 23.7 Å². The Bertz CT molecular complexity index is 999. The normalized spacial score (nSPS) is 21.1. The third-order valence-corrected chi connectivity index (χ3v) is 5.97. The fourth-order valence-electron chi connectivity index (χ4n) is 3.69. The zero-order valence-electron chi connectivity index (χ0n) is 16.1. The molecule has 10 nitrogen and oxygen atoms in total. The summed E-state index contributed by atoms with van der Waals surface area (Å²) >= 11 is 0. The number of benzene rings is 1. The third kappa shape index (κ3) is 4.27. The number of nitrogens with one attached hydrogen (secondary N) is 1. The van der Waals surface area contributed by atoms with Crippen molar-refractivity contribution >= 4 is 34.3 Å². The SMILES string of the molecule is NC1=NS(O)(O)Nc2cccc(OC[C@H]3CCCN(c4cccc(C(=O)O)n4)C3)c21. The van der Waals surface area contributed by atoms with Crippen LogP contribution in [0.25, 0.3) is 0 Å². The number of carboxylic acid groups (broad SMARTS) is 1. The number of rotatable bonds is 5. The van der Waals surface area contributed by atoms with Gasteiger partial charge in [-0.2, -0.15) is 0 Å². The van der Waals surface area contributed by atoms with Crippen molar-refractivity contribution in [2.75, 3.05) is 29.3 Å². The molecule has 0 bridgehead atoms. The van der Waals surface area contributed by atoms with Gasteiger partial charge in [0.25, 0.3) is 0 Å². The highest BCUT2D eigenvalue weighted by Crippen LogP contribution is 2.46. The molecule has 1 aromatic carbocycles. The van der Waals surface area contributed by atoms with E-state index < -0.39 is 16.9 Å². The van der Waals surface area contributed by atoms with Crippen LogP contribution in [0.3, 0.4) is 0 Å². The number of aromatic nitrogens is 1. The highest BCUT2D eigenvalue weighted by molar-refractivity contribution is 8.24. The maximum absolute atomic E-state index is 11.2. The van der Waals surface area contributed by atoms with E-state index in [1.54, 1.807) is 24.3 Å². The largest absolute Gasteiger partial charge is 0.492 e. The number of hydrogen-bond acceptors (Lipinski definition) is 9. The van der Waals surface area contributed by atoms with Gasteiger partial charge in [-0.3, -0.25) is 13.8 Å². The van der Waals surface area contributed by atoms with Gasteiger partial charge in [-0.25, -0.2) is 9.78 Å². The Morgan fingerprint density at radius 3 is 2.90 bits per heavy atom. The lowest BCUT2D eigenvalue weighted by atomic mass is 9.99. The average molecular weight is 433 g/mol. The van der Waals surface area contributed by atoms with Crippen molar-refractivity contribution in [2.24, 2.45) is 16.0 Å². The molecular formula is C19H23N5O5S. The number of ether oxygens (including phenoxy) is 1. The van der Waals surface area contributed by atoms with Crippen LogP contribution in [0.5, 0.6) is 5.75 Å². The number of aromatic carboxylic acids is 1. The van der Waals surface area contributed by atoms with Gasteiger partial charge in [0.05, 0.1) is 17.9 Å². The molecule has 1 atom stereocenters. The van der Waals surface area contributed by atoms with E-state index in [-0.39, 0.29) is 17.4 Å². The third-order valence-electron chi connectivity index (χ3n) is 5.03. The van der Waals surface area contributed by atoms with Crippen molar-refractivity contribution in [1.29, 1.82) is 0 Å². The van der Waals surface area contributed by atoms with Gasteiger partial charge in [0.15, 0.2) is 11.5 Å². The van der Waals surface area contributed by atoms with E-state index in [1.165, 1.54) is 6.07 Å². The molecule has 2 aliphatic heterocycles. The predicted molar refractivity (Wildman–Crippen MR) is 115 cm³/mol. The lowest BCUT2D eigenvalue weighted by Crippen LogP contribution is -2.38. The predicted octanol–water partition coefficient (Wildman–Crippen LogP) is 2.79. The molecule has 11 heteroatoms.